The lowest BCUT2D eigenvalue weighted by Crippen LogP contribution is -2.25. The van der Waals surface area contributed by atoms with E-state index in [0.29, 0.717) is 13.2 Å². The lowest BCUT2D eigenvalue weighted by Gasteiger charge is -2.04. The van der Waals surface area contributed by atoms with Gasteiger partial charge in [0, 0.05) is 24.5 Å². The van der Waals surface area contributed by atoms with E-state index < -0.39 is 0 Å². The fourth-order valence-corrected chi connectivity index (χ4v) is 3.12. The van der Waals surface area contributed by atoms with Gasteiger partial charge in [-0.05, 0) is 37.3 Å². The second-order valence-electron chi connectivity index (χ2n) is 4.36. The third kappa shape index (κ3) is 3.33. The summed E-state index contributed by atoms with van der Waals surface area (Å²) in [6.07, 6.45) is 0.851. The molecule has 1 aromatic heterocycles. The van der Waals surface area contributed by atoms with Crippen LogP contribution in [0.15, 0.2) is 24.3 Å². The summed E-state index contributed by atoms with van der Waals surface area (Å²) in [5.41, 5.74) is 1.07. The number of hydrogen-bond acceptors (Lipinski definition) is 3. The first-order valence-electron chi connectivity index (χ1n) is 6.58. The molecule has 1 aromatic carbocycles. The van der Waals surface area contributed by atoms with Crippen LogP contribution in [-0.4, -0.2) is 25.7 Å². The summed E-state index contributed by atoms with van der Waals surface area (Å²) in [5, 5.41) is 4.12. The molecule has 2 rings (SSSR count). The molecule has 1 heterocycles. The number of amides is 1. The van der Waals surface area contributed by atoms with Gasteiger partial charge in [-0.1, -0.05) is 18.2 Å². The van der Waals surface area contributed by atoms with Crippen molar-refractivity contribution < 1.29 is 9.53 Å². The molecule has 0 atom stereocenters. The van der Waals surface area contributed by atoms with Gasteiger partial charge in [-0.3, -0.25) is 4.79 Å². The highest BCUT2D eigenvalue weighted by molar-refractivity contribution is 7.21. The number of thiophene rings is 1. The third-order valence-electron chi connectivity index (χ3n) is 3.01. The van der Waals surface area contributed by atoms with Crippen LogP contribution >= 0.6 is 11.3 Å². The van der Waals surface area contributed by atoms with Crippen LogP contribution in [0.4, 0.5) is 0 Å². The van der Waals surface area contributed by atoms with E-state index in [1.807, 2.05) is 26.0 Å². The average molecular weight is 277 g/mol. The summed E-state index contributed by atoms with van der Waals surface area (Å²) in [6, 6.07) is 8.12. The number of carbonyl (C=O) groups excluding carboxylic acids is 1. The minimum absolute atomic E-state index is 0.0233. The Hall–Kier alpha value is -1.39. The first kappa shape index (κ1) is 14.0. The minimum Gasteiger partial charge on any atom is -0.382 e. The molecule has 0 saturated heterocycles. The fourth-order valence-electron chi connectivity index (χ4n) is 1.99. The van der Waals surface area contributed by atoms with Crippen molar-refractivity contribution >= 4 is 27.3 Å². The Labute approximate surface area is 117 Å². The zero-order valence-corrected chi connectivity index (χ0v) is 12.2. The van der Waals surface area contributed by atoms with Crippen LogP contribution in [-0.2, 0) is 4.74 Å². The maximum Gasteiger partial charge on any atom is 0.261 e. The summed E-state index contributed by atoms with van der Waals surface area (Å²) in [7, 11) is 0. The van der Waals surface area contributed by atoms with Gasteiger partial charge in [0.15, 0.2) is 0 Å². The Morgan fingerprint density at radius 1 is 1.37 bits per heavy atom. The molecule has 2 aromatic rings. The van der Waals surface area contributed by atoms with E-state index in [1.54, 1.807) is 11.3 Å². The normalized spacial score (nSPS) is 10.8. The third-order valence-corrected chi connectivity index (χ3v) is 4.28. The van der Waals surface area contributed by atoms with Crippen LogP contribution in [0.1, 0.15) is 28.6 Å². The molecule has 1 amide bonds. The lowest BCUT2D eigenvalue weighted by atomic mass is 10.1. The smallest absolute Gasteiger partial charge is 0.261 e. The quantitative estimate of drug-likeness (QED) is 0.822. The second kappa shape index (κ2) is 6.68. The summed E-state index contributed by atoms with van der Waals surface area (Å²) in [4.78, 5) is 12.9. The van der Waals surface area contributed by atoms with E-state index in [9.17, 15) is 4.79 Å². The van der Waals surface area contributed by atoms with Crippen LogP contribution in [0.3, 0.4) is 0 Å². The van der Waals surface area contributed by atoms with Gasteiger partial charge in [0.25, 0.3) is 5.91 Å². The van der Waals surface area contributed by atoms with Crippen LogP contribution in [0.25, 0.3) is 10.1 Å². The minimum atomic E-state index is 0.0233. The summed E-state index contributed by atoms with van der Waals surface area (Å²) < 4.78 is 6.41. The molecule has 19 heavy (non-hydrogen) atoms. The van der Waals surface area contributed by atoms with Gasteiger partial charge in [0.05, 0.1) is 4.88 Å². The zero-order valence-electron chi connectivity index (χ0n) is 11.4. The molecular formula is C15H19NO2S. The highest BCUT2D eigenvalue weighted by Crippen LogP contribution is 2.30. The molecule has 0 fully saturated rings. The molecule has 0 bridgehead atoms. The average Bonchev–Trinajstić information content (AvgIpc) is 2.76. The molecule has 0 saturated carbocycles. The highest BCUT2D eigenvalue weighted by Gasteiger charge is 2.14. The number of benzene rings is 1. The van der Waals surface area contributed by atoms with E-state index in [0.717, 1.165) is 23.5 Å². The van der Waals surface area contributed by atoms with Crippen LogP contribution in [0, 0.1) is 6.92 Å². The first-order chi connectivity index (χ1) is 9.24. The molecule has 0 aliphatic rings. The van der Waals surface area contributed by atoms with E-state index in [-0.39, 0.29) is 5.91 Å². The predicted molar refractivity (Wildman–Crippen MR) is 80.0 cm³/mol. The van der Waals surface area contributed by atoms with E-state index in [1.165, 1.54) is 10.1 Å². The van der Waals surface area contributed by atoms with Crippen molar-refractivity contribution in [2.24, 2.45) is 0 Å². The van der Waals surface area contributed by atoms with Crippen molar-refractivity contribution in [2.45, 2.75) is 20.3 Å². The van der Waals surface area contributed by atoms with Crippen molar-refractivity contribution in [1.82, 2.24) is 5.32 Å². The summed E-state index contributed by atoms with van der Waals surface area (Å²) >= 11 is 1.56. The Balaban J connectivity index is 1.99. The molecule has 0 unspecified atom stereocenters. The number of carbonyl (C=O) groups is 1. The van der Waals surface area contributed by atoms with Crippen molar-refractivity contribution in [3.8, 4) is 0 Å². The lowest BCUT2D eigenvalue weighted by molar-refractivity contribution is 0.0948. The van der Waals surface area contributed by atoms with Gasteiger partial charge < -0.3 is 10.1 Å². The molecule has 102 valence electrons. The standard InChI is InChI=1S/C15H19NO2S/c1-3-18-10-6-9-16-15(17)14-11(2)12-7-4-5-8-13(12)19-14/h4-5,7-8H,3,6,9-10H2,1-2H3,(H,16,17). The molecule has 1 N–H and O–H groups in total. The van der Waals surface area contributed by atoms with Gasteiger partial charge in [0.1, 0.15) is 0 Å². The Morgan fingerprint density at radius 3 is 2.89 bits per heavy atom. The van der Waals surface area contributed by atoms with E-state index >= 15 is 0 Å². The number of nitrogens with one attached hydrogen (secondary N) is 1. The fraction of sp³-hybridized carbons (Fsp3) is 0.400. The Kier molecular flexibility index (Phi) is 4.93. The SMILES string of the molecule is CCOCCCNC(=O)c1sc2ccccc2c1C. The highest BCUT2D eigenvalue weighted by atomic mass is 32.1. The number of ether oxygens (including phenoxy) is 1. The molecular weight excluding hydrogens is 258 g/mol. The Morgan fingerprint density at radius 2 is 2.16 bits per heavy atom. The maximum atomic E-state index is 12.1. The molecule has 0 aliphatic carbocycles. The van der Waals surface area contributed by atoms with Crippen LogP contribution < -0.4 is 5.32 Å². The number of hydrogen-bond donors (Lipinski definition) is 1. The number of aryl methyl sites for hydroxylation is 1. The number of fused-ring (bicyclic) bond motifs is 1. The maximum absolute atomic E-state index is 12.1. The van der Waals surface area contributed by atoms with Gasteiger partial charge in [-0.25, -0.2) is 0 Å². The second-order valence-corrected chi connectivity index (χ2v) is 5.41. The van der Waals surface area contributed by atoms with Gasteiger partial charge in [-0.15, -0.1) is 11.3 Å². The molecule has 0 spiro atoms. The van der Waals surface area contributed by atoms with E-state index in [4.69, 9.17) is 4.74 Å². The Bertz CT molecular complexity index is 562. The predicted octanol–water partition coefficient (Wildman–Crippen LogP) is 3.37. The van der Waals surface area contributed by atoms with Crippen LogP contribution in [0.5, 0.6) is 0 Å². The van der Waals surface area contributed by atoms with Gasteiger partial charge in [-0.2, -0.15) is 0 Å². The van der Waals surface area contributed by atoms with Crippen molar-refractivity contribution in [2.75, 3.05) is 19.8 Å². The van der Waals surface area contributed by atoms with Gasteiger partial charge >= 0.3 is 0 Å². The zero-order chi connectivity index (χ0) is 13.7. The van der Waals surface area contributed by atoms with Crippen molar-refractivity contribution in [1.29, 1.82) is 0 Å². The molecule has 0 aliphatic heterocycles. The molecule has 3 nitrogen and oxygen atoms in total. The molecule has 0 radical (unpaired) electrons. The van der Waals surface area contributed by atoms with Gasteiger partial charge in [0.2, 0.25) is 0 Å². The summed E-state index contributed by atoms with van der Waals surface area (Å²) in [5.74, 6) is 0.0233. The topological polar surface area (TPSA) is 38.3 Å². The summed E-state index contributed by atoms with van der Waals surface area (Å²) in [6.45, 7) is 6.06. The number of rotatable bonds is 6. The molecule has 4 heteroatoms. The van der Waals surface area contributed by atoms with Crippen molar-refractivity contribution in [3.05, 3.63) is 34.7 Å². The van der Waals surface area contributed by atoms with Crippen molar-refractivity contribution in [3.63, 3.8) is 0 Å². The van der Waals surface area contributed by atoms with Crippen LogP contribution in [0.2, 0.25) is 0 Å². The van der Waals surface area contributed by atoms with E-state index in [2.05, 4.69) is 17.4 Å². The largest absolute Gasteiger partial charge is 0.382 e. The first-order valence-corrected chi connectivity index (χ1v) is 7.39. The monoisotopic (exact) mass is 277 g/mol.